The summed E-state index contributed by atoms with van der Waals surface area (Å²) in [5, 5.41) is 8.50. The SMILES string of the molecule is Cc1ccc(/N=N/c2ccc(C)cc2C)cc1. The molecule has 2 heteroatoms. The summed E-state index contributed by atoms with van der Waals surface area (Å²) in [6.07, 6.45) is 0. The monoisotopic (exact) mass is 224 g/mol. The summed E-state index contributed by atoms with van der Waals surface area (Å²) in [6, 6.07) is 14.2. The lowest BCUT2D eigenvalue weighted by Crippen LogP contribution is -1.76. The molecule has 0 saturated heterocycles. The quantitative estimate of drug-likeness (QED) is 0.639. The zero-order chi connectivity index (χ0) is 12.3. The van der Waals surface area contributed by atoms with Crippen molar-refractivity contribution < 1.29 is 0 Å². The predicted molar refractivity (Wildman–Crippen MR) is 71.3 cm³/mol. The molecule has 0 aliphatic heterocycles. The molecule has 2 nitrogen and oxygen atoms in total. The summed E-state index contributed by atoms with van der Waals surface area (Å²) >= 11 is 0. The van der Waals surface area contributed by atoms with E-state index in [0.717, 1.165) is 16.9 Å². The van der Waals surface area contributed by atoms with E-state index in [2.05, 4.69) is 43.1 Å². The van der Waals surface area contributed by atoms with Crippen LogP contribution in [0.2, 0.25) is 0 Å². The minimum absolute atomic E-state index is 0.885. The topological polar surface area (TPSA) is 24.7 Å². The number of aryl methyl sites for hydroxylation is 3. The van der Waals surface area contributed by atoms with E-state index in [9.17, 15) is 0 Å². The van der Waals surface area contributed by atoms with Crippen LogP contribution in [0.1, 0.15) is 16.7 Å². The largest absolute Gasteiger partial charge is 0.151 e. The van der Waals surface area contributed by atoms with Gasteiger partial charge in [-0.25, -0.2) is 0 Å². The molecule has 0 unspecified atom stereocenters. The molecular formula is C15H16N2. The Balaban J connectivity index is 2.23. The number of hydrogen-bond acceptors (Lipinski definition) is 2. The van der Waals surface area contributed by atoms with Crippen LogP contribution in [0.25, 0.3) is 0 Å². The number of benzene rings is 2. The molecule has 0 saturated carbocycles. The van der Waals surface area contributed by atoms with Crippen molar-refractivity contribution in [2.24, 2.45) is 10.2 Å². The van der Waals surface area contributed by atoms with Crippen LogP contribution in [0.5, 0.6) is 0 Å². The van der Waals surface area contributed by atoms with E-state index >= 15 is 0 Å². The Morgan fingerprint density at radius 2 is 1.35 bits per heavy atom. The molecule has 0 atom stereocenters. The van der Waals surface area contributed by atoms with Crippen LogP contribution in [0.3, 0.4) is 0 Å². The van der Waals surface area contributed by atoms with Gasteiger partial charge in [0, 0.05) is 0 Å². The van der Waals surface area contributed by atoms with Gasteiger partial charge in [0.1, 0.15) is 0 Å². The first kappa shape index (κ1) is 11.5. The van der Waals surface area contributed by atoms with Crippen molar-refractivity contribution in [2.75, 3.05) is 0 Å². The third-order valence-corrected chi connectivity index (χ3v) is 2.66. The Kier molecular flexibility index (Phi) is 3.33. The standard InChI is InChI=1S/C15H16N2/c1-11-4-7-14(8-5-11)16-17-15-9-6-12(2)10-13(15)3/h4-10H,1-3H3/b17-16+. The van der Waals surface area contributed by atoms with Crippen molar-refractivity contribution in [3.8, 4) is 0 Å². The first-order valence-corrected chi connectivity index (χ1v) is 5.71. The van der Waals surface area contributed by atoms with Gasteiger partial charge in [-0.3, -0.25) is 0 Å². The third-order valence-electron chi connectivity index (χ3n) is 2.66. The van der Waals surface area contributed by atoms with Crippen molar-refractivity contribution in [3.05, 3.63) is 59.2 Å². The van der Waals surface area contributed by atoms with E-state index in [1.165, 1.54) is 11.1 Å². The highest BCUT2D eigenvalue weighted by Gasteiger charge is 1.96. The Bertz CT molecular complexity index is 539. The van der Waals surface area contributed by atoms with Gasteiger partial charge in [-0.1, -0.05) is 35.4 Å². The van der Waals surface area contributed by atoms with Crippen molar-refractivity contribution in [1.82, 2.24) is 0 Å². The maximum absolute atomic E-state index is 4.27. The van der Waals surface area contributed by atoms with Gasteiger partial charge in [0.05, 0.1) is 11.4 Å². The molecule has 17 heavy (non-hydrogen) atoms. The summed E-state index contributed by atoms with van der Waals surface area (Å²) in [5.74, 6) is 0. The predicted octanol–water partition coefficient (Wildman–Crippen LogP) is 5.03. The van der Waals surface area contributed by atoms with Gasteiger partial charge >= 0.3 is 0 Å². The molecule has 0 fully saturated rings. The third kappa shape index (κ3) is 3.00. The fourth-order valence-electron chi connectivity index (χ4n) is 1.64. The van der Waals surface area contributed by atoms with Gasteiger partial charge in [-0.15, -0.1) is 0 Å². The lowest BCUT2D eigenvalue weighted by Gasteiger charge is -2.00. The fourth-order valence-corrected chi connectivity index (χ4v) is 1.64. The van der Waals surface area contributed by atoms with Gasteiger partial charge in [0.15, 0.2) is 0 Å². The van der Waals surface area contributed by atoms with Crippen LogP contribution in [0.4, 0.5) is 11.4 Å². The van der Waals surface area contributed by atoms with Crippen LogP contribution in [0.15, 0.2) is 52.7 Å². The van der Waals surface area contributed by atoms with Gasteiger partial charge in [0.2, 0.25) is 0 Å². The minimum Gasteiger partial charge on any atom is -0.151 e. The van der Waals surface area contributed by atoms with E-state index in [1.54, 1.807) is 0 Å². The number of hydrogen-bond donors (Lipinski definition) is 0. The Hall–Kier alpha value is -1.96. The Morgan fingerprint density at radius 3 is 2.00 bits per heavy atom. The van der Waals surface area contributed by atoms with Crippen LogP contribution in [0, 0.1) is 20.8 Å². The summed E-state index contributed by atoms with van der Waals surface area (Å²) in [7, 11) is 0. The first-order valence-electron chi connectivity index (χ1n) is 5.71. The molecule has 0 radical (unpaired) electrons. The van der Waals surface area contributed by atoms with E-state index in [1.807, 2.05) is 30.3 Å². The smallest absolute Gasteiger partial charge is 0.0886 e. The average molecular weight is 224 g/mol. The highest BCUT2D eigenvalue weighted by Crippen LogP contribution is 2.22. The van der Waals surface area contributed by atoms with E-state index in [0.29, 0.717) is 0 Å². The summed E-state index contributed by atoms with van der Waals surface area (Å²) in [4.78, 5) is 0. The van der Waals surface area contributed by atoms with Crippen LogP contribution in [-0.2, 0) is 0 Å². The van der Waals surface area contributed by atoms with Gasteiger partial charge in [-0.2, -0.15) is 10.2 Å². The van der Waals surface area contributed by atoms with Gasteiger partial charge < -0.3 is 0 Å². The fraction of sp³-hybridized carbons (Fsp3) is 0.200. The molecule has 2 aromatic carbocycles. The molecule has 0 amide bonds. The molecule has 2 aromatic rings. The summed E-state index contributed by atoms with van der Waals surface area (Å²) < 4.78 is 0. The van der Waals surface area contributed by atoms with Gasteiger partial charge in [0.25, 0.3) is 0 Å². The molecule has 2 rings (SSSR count). The van der Waals surface area contributed by atoms with Crippen molar-refractivity contribution in [2.45, 2.75) is 20.8 Å². The average Bonchev–Trinajstić information content (AvgIpc) is 2.30. The minimum atomic E-state index is 0.885. The Morgan fingerprint density at radius 1 is 0.706 bits per heavy atom. The molecular weight excluding hydrogens is 208 g/mol. The second-order valence-electron chi connectivity index (χ2n) is 4.33. The van der Waals surface area contributed by atoms with E-state index in [-0.39, 0.29) is 0 Å². The van der Waals surface area contributed by atoms with E-state index < -0.39 is 0 Å². The number of rotatable bonds is 2. The van der Waals surface area contributed by atoms with Crippen molar-refractivity contribution in [1.29, 1.82) is 0 Å². The zero-order valence-corrected chi connectivity index (χ0v) is 10.4. The lowest BCUT2D eigenvalue weighted by atomic mass is 10.1. The maximum atomic E-state index is 4.27. The van der Waals surface area contributed by atoms with Crippen molar-refractivity contribution in [3.63, 3.8) is 0 Å². The zero-order valence-electron chi connectivity index (χ0n) is 10.4. The molecule has 0 heterocycles. The lowest BCUT2D eigenvalue weighted by molar-refractivity contribution is 1.20. The molecule has 86 valence electrons. The van der Waals surface area contributed by atoms with Crippen LogP contribution < -0.4 is 0 Å². The van der Waals surface area contributed by atoms with Crippen LogP contribution >= 0.6 is 0 Å². The molecule has 0 spiro atoms. The number of azo groups is 1. The normalized spacial score (nSPS) is 11.0. The number of nitrogens with zero attached hydrogens (tertiary/aromatic N) is 2. The second-order valence-corrected chi connectivity index (χ2v) is 4.33. The highest BCUT2D eigenvalue weighted by atomic mass is 15.1. The van der Waals surface area contributed by atoms with Gasteiger partial charge in [-0.05, 0) is 44.5 Å². The molecule has 0 bridgehead atoms. The van der Waals surface area contributed by atoms with Crippen LogP contribution in [-0.4, -0.2) is 0 Å². The maximum Gasteiger partial charge on any atom is 0.0886 e. The molecule has 0 aliphatic carbocycles. The Labute approximate surface area is 102 Å². The highest BCUT2D eigenvalue weighted by molar-refractivity contribution is 5.47. The second kappa shape index (κ2) is 4.91. The molecule has 0 aromatic heterocycles. The summed E-state index contributed by atoms with van der Waals surface area (Å²) in [6.45, 7) is 6.19. The van der Waals surface area contributed by atoms with E-state index in [4.69, 9.17) is 0 Å². The first-order chi connectivity index (χ1) is 8.15. The van der Waals surface area contributed by atoms with Crippen molar-refractivity contribution >= 4 is 11.4 Å². The molecule has 0 aliphatic rings. The molecule has 0 N–H and O–H groups in total. The summed E-state index contributed by atoms with van der Waals surface area (Å²) in [5.41, 5.74) is 5.44.